The summed E-state index contributed by atoms with van der Waals surface area (Å²) in [7, 11) is 1.70. The van der Waals surface area contributed by atoms with Gasteiger partial charge in [0.05, 0.1) is 17.3 Å². The van der Waals surface area contributed by atoms with Gasteiger partial charge in [-0.1, -0.05) is 42.5 Å². The number of ether oxygens (including phenoxy) is 1. The summed E-state index contributed by atoms with van der Waals surface area (Å²) in [6.45, 7) is 4.38. The molecule has 1 aromatic rings. The van der Waals surface area contributed by atoms with Crippen molar-refractivity contribution in [1.82, 2.24) is 0 Å². The normalized spacial score (nSPS) is 10.4. The Labute approximate surface area is 99.2 Å². The van der Waals surface area contributed by atoms with Gasteiger partial charge in [0.25, 0.3) is 0 Å². The number of anilines is 1. The van der Waals surface area contributed by atoms with E-state index < -0.39 is 0 Å². The maximum absolute atomic E-state index is 5.27. The topological polar surface area (TPSA) is 21.3 Å². The number of benzene rings is 1. The summed E-state index contributed by atoms with van der Waals surface area (Å²) in [6, 6.07) is 6.29. The van der Waals surface area contributed by atoms with Crippen LogP contribution < -0.4 is 10.1 Å². The van der Waals surface area contributed by atoms with Gasteiger partial charge < -0.3 is 10.1 Å². The SMILES string of the molecule is COc1ccc(C(C)C)cc1NCI. The molecule has 0 aliphatic heterocycles. The third-order valence-electron chi connectivity index (χ3n) is 2.15. The number of hydrogen-bond donors (Lipinski definition) is 1. The smallest absolute Gasteiger partial charge is 0.141 e. The summed E-state index contributed by atoms with van der Waals surface area (Å²) in [5.41, 5.74) is 2.41. The molecule has 1 N–H and O–H groups in total. The molecule has 0 unspecified atom stereocenters. The van der Waals surface area contributed by atoms with E-state index in [1.54, 1.807) is 7.11 Å². The van der Waals surface area contributed by atoms with Gasteiger partial charge >= 0.3 is 0 Å². The molecule has 0 atom stereocenters. The van der Waals surface area contributed by atoms with E-state index in [9.17, 15) is 0 Å². The molecule has 1 aromatic carbocycles. The molecule has 0 fully saturated rings. The zero-order chi connectivity index (χ0) is 10.6. The minimum absolute atomic E-state index is 0.552. The lowest BCUT2D eigenvalue weighted by molar-refractivity contribution is 0.416. The lowest BCUT2D eigenvalue weighted by Gasteiger charge is -2.12. The first-order chi connectivity index (χ1) is 6.69. The monoisotopic (exact) mass is 305 g/mol. The number of halogens is 1. The summed E-state index contributed by atoms with van der Waals surface area (Å²) < 4.78 is 6.15. The van der Waals surface area contributed by atoms with Gasteiger partial charge in [0.1, 0.15) is 5.75 Å². The fraction of sp³-hybridized carbons (Fsp3) is 0.455. The Morgan fingerprint density at radius 1 is 1.43 bits per heavy atom. The molecule has 0 heterocycles. The van der Waals surface area contributed by atoms with Crippen molar-refractivity contribution in [2.75, 3.05) is 17.0 Å². The molecule has 0 saturated carbocycles. The van der Waals surface area contributed by atoms with Crippen LogP contribution in [-0.2, 0) is 0 Å². The number of alkyl halides is 1. The van der Waals surface area contributed by atoms with Gasteiger partial charge in [-0.2, -0.15) is 0 Å². The van der Waals surface area contributed by atoms with Crippen LogP contribution in [0.2, 0.25) is 0 Å². The van der Waals surface area contributed by atoms with E-state index in [0.29, 0.717) is 5.92 Å². The van der Waals surface area contributed by atoms with Crippen LogP contribution in [0.25, 0.3) is 0 Å². The van der Waals surface area contributed by atoms with Crippen LogP contribution in [0.3, 0.4) is 0 Å². The van der Waals surface area contributed by atoms with Crippen molar-refractivity contribution in [3.05, 3.63) is 23.8 Å². The molecule has 1 rings (SSSR count). The number of rotatable bonds is 4. The number of hydrogen-bond acceptors (Lipinski definition) is 2. The van der Waals surface area contributed by atoms with Crippen LogP contribution in [-0.4, -0.2) is 11.7 Å². The molecule has 0 aliphatic rings. The molecule has 0 saturated heterocycles. The maximum atomic E-state index is 5.27. The maximum Gasteiger partial charge on any atom is 0.141 e. The average molecular weight is 305 g/mol. The van der Waals surface area contributed by atoms with Crippen molar-refractivity contribution in [3.63, 3.8) is 0 Å². The first-order valence-electron chi connectivity index (χ1n) is 4.66. The highest BCUT2D eigenvalue weighted by Gasteiger charge is 2.05. The zero-order valence-electron chi connectivity index (χ0n) is 8.80. The van der Waals surface area contributed by atoms with Crippen LogP contribution in [0.5, 0.6) is 5.75 Å². The van der Waals surface area contributed by atoms with Crippen molar-refractivity contribution >= 4 is 28.3 Å². The molecule has 78 valence electrons. The fourth-order valence-corrected chi connectivity index (χ4v) is 1.71. The molecular formula is C11H16INO. The van der Waals surface area contributed by atoms with Crippen LogP contribution in [0, 0.1) is 0 Å². The summed E-state index contributed by atoms with van der Waals surface area (Å²) >= 11 is 2.29. The second kappa shape index (κ2) is 5.44. The molecule has 0 aliphatic carbocycles. The third kappa shape index (κ3) is 2.77. The highest BCUT2D eigenvalue weighted by molar-refractivity contribution is 14.1. The molecule has 2 nitrogen and oxygen atoms in total. The summed E-state index contributed by atoms with van der Waals surface area (Å²) in [4.78, 5) is 0. The van der Waals surface area contributed by atoms with Crippen LogP contribution >= 0.6 is 22.6 Å². The summed E-state index contributed by atoms with van der Waals surface area (Å²) in [5, 5.41) is 3.28. The van der Waals surface area contributed by atoms with E-state index in [2.05, 4.69) is 53.9 Å². The van der Waals surface area contributed by atoms with Gasteiger partial charge in [0.2, 0.25) is 0 Å². The van der Waals surface area contributed by atoms with Crippen molar-refractivity contribution in [3.8, 4) is 5.75 Å². The van der Waals surface area contributed by atoms with Crippen molar-refractivity contribution in [2.45, 2.75) is 19.8 Å². The van der Waals surface area contributed by atoms with Crippen molar-refractivity contribution in [1.29, 1.82) is 0 Å². The summed E-state index contributed by atoms with van der Waals surface area (Å²) in [5.74, 6) is 1.46. The van der Waals surface area contributed by atoms with Crippen LogP contribution in [0.4, 0.5) is 5.69 Å². The number of nitrogens with one attached hydrogen (secondary N) is 1. The third-order valence-corrected chi connectivity index (χ3v) is 2.53. The minimum atomic E-state index is 0.552. The van der Waals surface area contributed by atoms with Gasteiger partial charge in [-0.05, 0) is 23.6 Å². The van der Waals surface area contributed by atoms with Gasteiger partial charge in [0.15, 0.2) is 0 Å². The standard InChI is InChI=1S/C11H16INO/c1-8(2)9-4-5-11(14-3)10(6-9)13-7-12/h4-6,8,13H,7H2,1-3H3. The van der Waals surface area contributed by atoms with E-state index in [0.717, 1.165) is 16.0 Å². The molecular weight excluding hydrogens is 289 g/mol. The second-order valence-electron chi connectivity index (χ2n) is 3.42. The predicted octanol–water partition coefficient (Wildman–Crippen LogP) is 3.62. The largest absolute Gasteiger partial charge is 0.495 e. The van der Waals surface area contributed by atoms with E-state index in [1.165, 1.54) is 5.56 Å². The van der Waals surface area contributed by atoms with E-state index in [4.69, 9.17) is 4.74 Å². The highest BCUT2D eigenvalue weighted by atomic mass is 127. The minimum Gasteiger partial charge on any atom is -0.495 e. The Morgan fingerprint density at radius 3 is 2.64 bits per heavy atom. The Bertz CT molecular complexity index is 299. The molecule has 3 heteroatoms. The summed E-state index contributed by atoms with van der Waals surface area (Å²) in [6.07, 6.45) is 0. The number of methoxy groups -OCH3 is 1. The highest BCUT2D eigenvalue weighted by Crippen LogP contribution is 2.28. The van der Waals surface area contributed by atoms with E-state index in [1.807, 2.05) is 6.07 Å². The Balaban J connectivity index is 3.01. The van der Waals surface area contributed by atoms with Gasteiger partial charge in [-0.3, -0.25) is 0 Å². The molecule has 0 bridgehead atoms. The van der Waals surface area contributed by atoms with Crippen LogP contribution in [0.15, 0.2) is 18.2 Å². The lowest BCUT2D eigenvalue weighted by Crippen LogP contribution is -1.99. The average Bonchev–Trinajstić information content (AvgIpc) is 2.18. The van der Waals surface area contributed by atoms with Gasteiger partial charge in [-0.15, -0.1) is 0 Å². The zero-order valence-corrected chi connectivity index (χ0v) is 11.0. The van der Waals surface area contributed by atoms with Crippen molar-refractivity contribution < 1.29 is 4.74 Å². The predicted molar refractivity (Wildman–Crippen MR) is 69.6 cm³/mol. The van der Waals surface area contributed by atoms with Crippen molar-refractivity contribution in [2.24, 2.45) is 0 Å². The molecule has 0 radical (unpaired) electrons. The Morgan fingerprint density at radius 2 is 2.14 bits per heavy atom. The second-order valence-corrected chi connectivity index (χ2v) is 4.19. The lowest BCUT2D eigenvalue weighted by atomic mass is 10.0. The first-order valence-corrected chi connectivity index (χ1v) is 6.19. The fourth-order valence-electron chi connectivity index (χ4n) is 1.29. The molecule has 0 spiro atoms. The quantitative estimate of drug-likeness (QED) is 0.521. The Kier molecular flexibility index (Phi) is 4.51. The Hall–Kier alpha value is -0.450. The molecule has 0 amide bonds. The molecule has 0 aromatic heterocycles. The molecule has 14 heavy (non-hydrogen) atoms. The van der Waals surface area contributed by atoms with E-state index >= 15 is 0 Å². The van der Waals surface area contributed by atoms with Crippen LogP contribution in [0.1, 0.15) is 25.3 Å². The van der Waals surface area contributed by atoms with E-state index in [-0.39, 0.29) is 0 Å². The first kappa shape index (κ1) is 11.6. The van der Waals surface area contributed by atoms with Gasteiger partial charge in [0, 0.05) is 0 Å². The van der Waals surface area contributed by atoms with Gasteiger partial charge in [-0.25, -0.2) is 0 Å².